The molecule has 0 N–H and O–H groups in total. The Morgan fingerprint density at radius 1 is 0.833 bits per heavy atom. The maximum absolute atomic E-state index is 13.1. The highest BCUT2D eigenvalue weighted by molar-refractivity contribution is 6.44. The molecule has 1 saturated heterocycles. The molecule has 4 aromatic carbocycles. The lowest BCUT2D eigenvalue weighted by Crippen LogP contribution is -2.37. The molecule has 0 amide bonds. The fourth-order valence-corrected chi connectivity index (χ4v) is 5.62. The summed E-state index contributed by atoms with van der Waals surface area (Å²) in [6.45, 7) is 6.21. The number of aryl methyl sites for hydroxylation is 1. The number of nitrogens with zero attached hydrogens (tertiary/aromatic N) is 4. The minimum Gasteiger partial charge on any atom is -0.493 e. The van der Waals surface area contributed by atoms with Crippen LogP contribution < -0.4 is 24.3 Å². The molecule has 4 aromatic rings. The van der Waals surface area contributed by atoms with Crippen molar-refractivity contribution in [2.75, 3.05) is 35.0 Å². The predicted octanol–water partition coefficient (Wildman–Crippen LogP) is 7.11. The van der Waals surface area contributed by atoms with Crippen LogP contribution in [-0.2, 0) is 11.4 Å². The van der Waals surface area contributed by atoms with Crippen LogP contribution in [0.2, 0.25) is 0 Å². The summed E-state index contributed by atoms with van der Waals surface area (Å²) in [5, 5.41) is 6.82. The zero-order chi connectivity index (χ0) is 29.1. The zero-order valence-electron chi connectivity index (χ0n) is 24.4. The standard InChI is InChI=1S/C35H36N4O3/c1-25-11-14-31(15-12-25)39-35(28-13-20-32(33(23-28)41-3)42-24-27-9-5-4-6-10-27)38(34(36-39)26(2)40)30-18-16-29(17-19-30)37-21-7-8-22-37/h4-6,9-20,23,35H,7-8,21-22,24H2,1-3H3/t35-/m1/s1. The van der Waals surface area contributed by atoms with Crippen molar-refractivity contribution >= 4 is 28.7 Å². The number of hydrogen-bond acceptors (Lipinski definition) is 7. The normalized spacial score (nSPS) is 16.5. The Morgan fingerprint density at radius 3 is 2.17 bits per heavy atom. The van der Waals surface area contributed by atoms with Gasteiger partial charge in [-0.25, -0.2) is 5.01 Å². The summed E-state index contributed by atoms with van der Waals surface area (Å²) < 4.78 is 12.0. The third-order valence-electron chi connectivity index (χ3n) is 7.84. The van der Waals surface area contributed by atoms with Crippen molar-refractivity contribution in [3.63, 3.8) is 0 Å². The van der Waals surface area contributed by atoms with E-state index in [9.17, 15) is 4.79 Å². The molecule has 6 rings (SSSR count). The SMILES string of the molecule is COc1cc([C@H]2N(c3ccc(C)cc3)N=C(C(C)=O)N2c2ccc(N3CCCC3)cc2)ccc1OCc1ccccc1. The van der Waals surface area contributed by atoms with Gasteiger partial charge in [0.25, 0.3) is 0 Å². The van der Waals surface area contributed by atoms with Crippen molar-refractivity contribution in [3.05, 3.63) is 114 Å². The molecule has 0 spiro atoms. The number of hydrogen-bond donors (Lipinski definition) is 0. The van der Waals surface area contributed by atoms with Gasteiger partial charge in [-0.15, -0.1) is 5.10 Å². The van der Waals surface area contributed by atoms with Gasteiger partial charge in [-0.2, -0.15) is 0 Å². The molecular formula is C35H36N4O3. The number of amidine groups is 1. The highest BCUT2D eigenvalue weighted by Crippen LogP contribution is 2.42. The van der Waals surface area contributed by atoms with E-state index in [1.165, 1.54) is 18.5 Å². The molecule has 2 heterocycles. The highest BCUT2D eigenvalue weighted by atomic mass is 16.5. The number of anilines is 3. The molecule has 2 aliphatic heterocycles. The Morgan fingerprint density at radius 2 is 1.50 bits per heavy atom. The second-order valence-electron chi connectivity index (χ2n) is 10.8. The first-order valence-electron chi connectivity index (χ1n) is 14.5. The Kier molecular flexibility index (Phi) is 7.82. The van der Waals surface area contributed by atoms with Gasteiger partial charge >= 0.3 is 0 Å². The van der Waals surface area contributed by atoms with Crippen LogP contribution in [0.3, 0.4) is 0 Å². The molecule has 0 radical (unpaired) electrons. The van der Waals surface area contributed by atoms with Gasteiger partial charge in [0.15, 0.2) is 29.3 Å². The van der Waals surface area contributed by atoms with Gasteiger partial charge in [0, 0.05) is 37.0 Å². The molecule has 0 aromatic heterocycles. The molecule has 7 heteroatoms. The number of Topliss-reactive ketones (excluding diaryl/α,β-unsaturated/α-hetero) is 1. The molecule has 42 heavy (non-hydrogen) atoms. The first-order valence-corrected chi connectivity index (χ1v) is 14.5. The van der Waals surface area contributed by atoms with Crippen LogP contribution in [-0.4, -0.2) is 31.8 Å². The van der Waals surface area contributed by atoms with E-state index < -0.39 is 6.17 Å². The van der Waals surface area contributed by atoms with Crippen molar-refractivity contribution in [3.8, 4) is 11.5 Å². The minimum atomic E-state index is -0.415. The molecular weight excluding hydrogens is 524 g/mol. The summed E-state index contributed by atoms with van der Waals surface area (Å²) in [7, 11) is 1.65. The maximum atomic E-state index is 13.1. The number of methoxy groups -OCH3 is 1. The summed E-state index contributed by atoms with van der Waals surface area (Å²) in [6, 6.07) is 32.7. The van der Waals surface area contributed by atoms with Gasteiger partial charge in [-0.1, -0.05) is 54.1 Å². The highest BCUT2D eigenvalue weighted by Gasteiger charge is 2.39. The average molecular weight is 561 g/mol. The number of ether oxygens (including phenoxy) is 2. The number of benzene rings is 4. The van der Waals surface area contributed by atoms with Crippen LogP contribution in [0.5, 0.6) is 11.5 Å². The van der Waals surface area contributed by atoms with E-state index in [0.717, 1.165) is 41.2 Å². The van der Waals surface area contributed by atoms with Crippen LogP contribution in [0, 0.1) is 6.92 Å². The van der Waals surface area contributed by atoms with Gasteiger partial charge < -0.3 is 14.4 Å². The lowest BCUT2D eigenvalue weighted by Gasteiger charge is -2.32. The minimum absolute atomic E-state index is 0.104. The van der Waals surface area contributed by atoms with Gasteiger partial charge in [-0.3, -0.25) is 9.69 Å². The van der Waals surface area contributed by atoms with Crippen molar-refractivity contribution in [2.45, 2.75) is 39.5 Å². The molecule has 0 unspecified atom stereocenters. The van der Waals surface area contributed by atoms with E-state index in [1.807, 2.05) is 70.6 Å². The van der Waals surface area contributed by atoms with Crippen LogP contribution in [0.4, 0.5) is 17.1 Å². The van der Waals surface area contributed by atoms with E-state index in [2.05, 4.69) is 48.2 Å². The second-order valence-corrected chi connectivity index (χ2v) is 10.8. The Hall–Kier alpha value is -4.78. The Labute approximate surface area is 247 Å². The maximum Gasteiger partial charge on any atom is 0.198 e. The largest absolute Gasteiger partial charge is 0.493 e. The first kappa shape index (κ1) is 27.4. The molecule has 0 bridgehead atoms. The van der Waals surface area contributed by atoms with E-state index in [1.54, 1.807) is 14.0 Å². The zero-order valence-corrected chi connectivity index (χ0v) is 24.4. The molecule has 214 valence electrons. The van der Waals surface area contributed by atoms with E-state index in [-0.39, 0.29) is 5.78 Å². The quantitative estimate of drug-likeness (QED) is 0.217. The summed E-state index contributed by atoms with van der Waals surface area (Å²) >= 11 is 0. The first-order chi connectivity index (χ1) is 20.5. The smallest absolute Gasteiger partial charge is 0.198 e. The number of hydrazone groups is 1. The second kappa shape index (κ2) is 12.0. The topological polar surface area (TPSA) is 57.6 Å². The van der Waals surface area contributed by atoms with Gasteiger partial charge in [0.2, 0.25) is 0 Å². The number of carbonyl (C=O) groups is 1. The fraction of sp³-hybridized carbons (Fsp3) is 0.257. The third-order valence-corrected chi connectivity index (χ3v) is 7.84. The number of carbonyl (C=O) groups excluding carboxylic acids is 1. The number of ketones is 1. The van der Waals surface area contributed by atoms with E-state index >= 15 is 0 Å². The van der Waals surface area contributed by atoms with Gasteiger partial charge in [-0.05, 0) is 73.9 Å². The lowest BCUT2D eigenvalue weighted by atomic mass is 10.1. The van der Waals surface area contributed by atoms with Gasteiger partial charge in [0.05, 0.1) is 12.8 Å². The fourth-order valence-electron chi connectivity index (χ4n) is 5.62. The monoisotopic (exact) mass is 560 g/mol. The Balaban J connectivity index is 1.39. The van der Waals surface area contributed by atoms with E-state index in [4.69, 9.17) is 14.6 Å². The summed E-state index contributed by atoms with van der Waals surface area (Å²) in [5.74, 6) is 1.55. The Bertz CT molecular complexity index is 1560. The molecule has 1 atom stereocenters. The van der Waals surface area contributed by atoms with Crippen molar-refractivity contribution in [2.24, 2.45) is 5.10 Å². The summed E-state index contributed by atoms with van der Waals surface area (Å²) in [6.07, 6.45) is 2.02. The summed E-state index contributed by atoms with van der Waals surface area (Å²) in [5.41, 5.74) is 6.14. The van der Waals surface area contributed by atoms with Gasteiger partial charge in [0.1, 0.15) is 6.61 Å². The molecule has 0 saturated carbocycles. The van der Waals surface area contributed by atoms with Crippen molar-refractivity contribution < 1.29 is 14.3 Å². The van der Waals surface area contributed by atoms with Crippen molar-refractivity contribution in [1.29, 1.82) is 0 Å². The average Bonchev–Trinajstić information content (AvgIpc) is 3.70. The van der Waals surface area contributed by atoms with Crippen LogP contribution in [0.15, 0.2) is 102 Å². The predicted molar refractivity (Wildman–Crippen MR) is 169 cm³/mol. The molecule has 0 aliphatic carbocycles. The van der Waals surface area contributed by atoms with Crippen molar-refractivity contribution in [1.82, 2.24) is 0 Å². The lowest BCUT2D eigenvalue weighted by molar-refractivity contribution is -0.111. The van der Waals surface area contributed by atoms with Crippen LogP contribution in [0.25, 0.3) is 0 Å². The van der Waals surface area contributed by atoms with Crippen LogP contribution in [0.1, 0.15) is 42.6 Å². The molecule has 1 fully saturated rings. The number of rotatable bonds is 9. The molecule has 2 aliphatic rings. The third kappa shape index (κ3) is 5.55. The van der Waals surface area contributed by atoms with E-state index in [0.29, 0.717) is 23.9 Å². The van der Waals surface area contributed by atoms with Crippen LogP contribution >= 0.6 is 0 Å². The summed E-state index contributed by atoms with van der Waals surface area (Å²) in [4.78, 5) is 17.5. The molecule has 7 nitrogen and oxygen atoms in total.